The van der Waals surface area contributed by atoms with Gasteiger partial charge in [0, 0.05) is 12.0 Å². The molecule has 0 bridgehead atoms. The van der Waals surface area contributed by atoms with E-state index in [4.69, 9.17) is 0 Å². The number of carbonyl (C=O) groups excluding carboxylic acids is 1. The molecule has 0 fully saturated rings. The number of allylic oxidation sites excluding steroid dienone is 3. The predicted octanol–water partition coefficient (Wildman–Crippen LogP) is 2.61. The van der Waals surface area contributed by atoms with E-state index in [-0.39, 0.29) is 0 Å². The zero-order valence-electron chi connectivity index (χ0n) is 5.69. The normalized spacial score (nSPS) is 18.3. The molecule has 1 aliphatic rings. The van der Waals surface area contributed by atoms with Crippen LogP contribution in [-0.2, 0) is 4.79 Å². The van der Waals surface area contributed by atoms with Crippen LogP contribution in [0.1, 0.15) is 19.3 Å². The van der Waals surface area contributed by atoms with E-state index in [1.807, 2.05) is 0 Å². The summed E-state index contributed by atoms with van der Waals surface area (Å²) in [6.07, 6.45) is 4.19. The molecule has 0 aromatic rings. The van der Waals surface area contributed by atoms with Crippen LogP contribution >= 0.6 is 22.6 Å². The second-order valence-electron chi connectivity index (χ2n) is 2.30. The molecule has 0 aromatic heterocycles. The quantitative estimate of drug-likeness (QED) is 0.542. The number of rotatable bonds is 2. The topological polar surface area (TPSA) is 17.1 Å². The van der Waals surface area contributed by atoms with Crippen LogP contribution in [0, 0.1) is 0 Å². The van der Waals surface area contributed by atoms with Gasteiger partial charge in [0.2, 0.25) is 0 Å². The zero-order valence-corrected chi connectivity index (χ0v) is 7.85. The van der Waals surface area contributed by atoms with Crippen molar-refractivity contribution in [3.8, 4) is 0 Å². The lowest BCUT2D eigenvalue weighted by molar-refractivity contribution is -0.114. The van der Waals surface area contributed by atoms with Crippen LogP contribution in [0.2, 0.25) is 0 Å². The largest absolute Gasteiger partial charge is 0.295 e. The van der Waals surface area contributed by atoms with Gasteiger partial charge in [-0.05, 0) is 39.0 Å². The van der Waals surface area contributed by atoms with Crippen LogP contribution < -0.4 is 0 Å². The number of halogens is 1. The van der Waals surface area contributed by atoms with Gasteiger partial charge in [-0.25, -0.2) is 0 Å². The SMILES string of the molecule is C=CCC1=C(I)CCC1=O. The van der Waals surface area contributed by atoms with Gasteiger partial charge in [0.25, 0.3) is 0 Å². The molecule has 0 spiro atoms. The van der Waals surface area contributed by atoms with Gasteiger partial charge in [0.05, 0.1) is 0 Å². The standard InChI is InChI=1S/C8H9IO/c1-2-3-6-7(9)4-5-8(6)10/h2H,1,3-5H2. The minimum Gasteiger partial charge on any atom is -0.295 e. The zero-order chi connectivity index (χ0) is 7.56. The van der Waals surface area contributed by atoms with Crippen molar-refractivity contribution in [3.05, 3.63) is 21.8 Å². The number of Topliss-reactive ketones (excluding diaryl/α,β-unsaturated/α-hetero) is 1. The highest BCUT2D eigenvalue weighted by Gasteiger charge is 2.19. The van der Waals surface area contributed by atoms with Crippen molar-refractivity contribution in [1.29, 1.82) is 0 Å². The van der Waals surface area contributed by atoms with Crippen molar-refractivity contribution in [1.82, 2.24) is 0 Å². The Balaban J connectivity index is 2.77. The highest BCUT2D eigenvalue weighted by atomic mass is 127. The number of hydrogen-bond donors (Lipinski definition) is 0. The molecule has 0 unspecified atom stereocenters. The van der Waals surface area contributed by atoms with E-state index in [1.165, 1.54) is 3.58 Å². The molecule has 0 radical (unpaired) electrons. The minimum absolute atomic E-state index is 0.310. The molecule has 2 heteroatoms. The van der Waals surface area contributed by atoms with Crippen molar-refractivity contribution in [3.63, 3.8) is 0 Å². The Morgan fingerprint density at radius 3 is 2.70 bits per heavy atom. The van der Waals surface area contributed by atoms with Gasteiger partial charge >= 0.3 is 0 Å². The lowest BCUT2D eigenvalue weighted by atomic mass is 10.1. The molecule has 0 amide bonds. The van der Waals surface area contributed by atoms with Gasteiger partial charge in [-0.15, -0.1) is 6.58 Å². The van der Waals surface area contributed by atoms with Crippen molar-refractivity contribution >= 4 is 28.4 Å². The summed E-state index contributed by atoms with van der Waals surface area (Å²) in [5.74, 6) is 0.310. The van der Waals surface area contributed by atoms with Gasteiger partial charge in [0.1, 0.15) is 0 Å². The number of carbonyl (C=O) groups is 1. The lowest BCUT2D eigenvalue weighted by Gasteiger charge is -1.93. The first-order chi connectivity index (χ1) is 4.75. The molecule has 54 valence electrons. The Morgan fingerprint density at radius 1 is 1.60 bits per heavy atom. The molecular weight excluding hydrogens is 239 g/mol. The second-order valence-corrected chi connectivity index (χ2v) is 3.60. The fourth-order valence-corrected chi connectivity index (χ4v) is 1.84. The van der Waals surface area contributed by atoms with Crippen LogP contribution in [0.4, 0.5) is 0 Å². The van der Waals surface area contributed by atoms with E-state index in [1.54, 1.807) is 6.08 Å². The van der Waals surface area contributed by atoms with E-state index in [0.717, 1.165) is 18.4 Å². The van der Waals surface area contributed by atoms with Gasteiger partial charge < -0.3 is 0 Å². The Bertz CT molecular complexity index is 203. The van der Waals surface area contributed by atoms with E-state index >= 15 is 0 Å². The molecule has 0 saturated carbocycles. The molecule has 1 aliphatic carbocycles. The van der Waals surface area contributed by atoms with E-state index in [9.17, 15) is 4.79 Å². The van der Waals surface area contributed by atoms with E-state index < -0.39 is 0 Å². The maximum atomic E-state index is 11.1. The van der Waals surface area contributed by atoms with Gasteiger partial charge in [-0.1, -0.05) is 6.08 Å². The third-order valence-corrected chi connectivity index (χ3v) is 2.77. The molecule has 10 heavy (non-hydrogen) atoms. The molecule has 1 rings (SSSR count). The highest BCUT2D eigenvalue weighted by molar-refractivity contribution is 14.1. The molecule has 0 aromatic carbocycles. The molecule has 1 nitrogen and oxygen atoms in total. The monoisotopic (exact) mass is 248 g/mol. The van der Waals surface area contributed by atoms with Gasteiger partial charge in [-0.3, -0.25) is 4.79 Å². The number of hydrogen-bond acceptors (Lipinski definition) is 1. The third kappa shape index (κ3) is 1.48. The molecule has 0 saturated heterocycles. The van der Waals surface area contributed by atoms with Crippen LogP contribution in [0.5, 0.6) is 0 Å². The van der Waals surface area contributed by atoms with Gasteiger partial charge in [-0.2, -0.15) is 0 Å². The van der Waals surface area contributed by atoms with E-state index in [2.05, 4.69) is 29.2 Å². The Hall–Kier alpha value is -0.120. The Morgan fingerprint density at radius 2 is 2.30 bits per heavy atom. The summed E-state index contributed by atoms with van der Waals surface area (Å²) in [5, 5.41) is 0. The van der Waals surface area contributed by atoms with Crippen LogP contribution in [-0.4, -0.2) is 5.78 Å². The Kier molecular flexibility index (Phi) is 2.65. The maximum absolute atomic E-state index is 11.1. The Labute approximate surface area is 74.3 Å². The molecular formula is C8H9IO. The van der Waals surface area contributed by atoms with Crippen molar-refractivity contribution in [2.75, 3.05) is 0 Å². The maximum Gasteiger partial charge on any atom is 0.160 e. The summed E-state index contributed by atoms with van der Waals surface area (Å²) in [5.41, 5.74) is 0.982. The summed E-state index contributed by atoms with van der Waals surface area (Å²) in [4.78, 5) is 11.1. The fourth-order valence-electron chi connectivity index (χ4n) is 1.05. The summed E-state index contributed by atoms with van der Waals surface area (Å²) in [6.45, 7) is 3.60. The average molecular weight is 248 g/mol. The first-order valence-corrected chi connectivity index (χ1v) is 4.35. The van der Waals surface area contributed by atoms with Crippen molar-refractivity contribution in [2.24, 2.45) is 0 Å². The molecule has 0 atom stereocenters. The molecule has 0 aliphatic heterocycles. The lowest BCUT2D eigenvalue weighted by Crippen LogP contribution is -1.93. The first-order valence-electron chi connectivity index (χ1n) is 3.27. The van der Waals surface area contributed by atoms with Crippen LogP contribution in [0.25, 0.3) is 0 Å². The third-order valence-electron chi connectivity index (χ3n) is 1.58. The number of ketones is 1. The summed E-state index contributed by atoms with van der Waals surface area (Å²) >= 11 is 2.24. The predicted molar refractivity (Wildman–Crippen MR) is 50.1 cm³/mol. The van der Waals surface area contributed by atoms with E-state index in [0.29, 0.717) is 12.2 Å². The average Bonchev–Trinajstić information content (AvgIpc) is 2.20. The molecule has 0 N–H and O–H groups in total. The van der Waals surface area contributed by atoms with Crippen molar-refractivity contribution < 1.29 is 4.79 Å². The minimum atomic E-state index is 0.310. The van der Waals surface area contributed by atoms with Crippen molar-refractivity contribution in [2.45, 2.75) is 19.3 Å². The highest BCUT2D eigenvalue weighted by Crippen LogP contribution is 2.29. The summed E-state index contributed by atoms with van der Waals surface area (Å²) < 4.78 is 1.22. The fraction of sp³-hybridized carbons (Fsp3) is 0.375. The summed E-state index contributed by atoms with van der Waals surface area (Å²) in [7, 11) is 0. The summed E-state index contributed by atoms with van der Waals surface area (Å²) in [6, 6.07) is 0. The van der Waals surface area contributed by atoms with Crippen LogP contribution in [0.3, 0.4) is 0 Å². The second kappa shape index (κ2) is 3.32. The smallest absolute Gasteiger partial charge is 0.160 e. The van der Waals surface area contributed by atoms with Crippen LogP contribution in [0.15, 0.2) is 21.8 Å². The molecule has 0 heterocycles. The van der Waals surface area contributed by atoms with Gasteiger partial charge in [0.15, 0.2) is 5.78 Å². The first kappa shape index (κ1) is 7.98.